The molecule has 62 valence electrons. The van der Waals surface area contributed by atoms with Crippen molar-refractivity contribution in [1.29, 1.82) is 5.26 Å². The Bertz CT molecular complexity index is 174. The molecule has 0 heterocycles. The van der Waals surface area contributed by atoms with E-state index in [0.29, 0.717) is 6.54 Å². The van der Waals surface area contributed by atoms with Crippen molar-refractivity contribution in [3.8, 4) is 6.07 Å². The number of nitrogens with zero attached hydrogens (tertiary/aromatic N) is 2. The highest BCUT2D eigenvalue weighted by Crippen LogP contribution is 1.95. The van der Waals surface area contributed by atoms with Crippen LogP contribution in [0.25, 0.3) is 0 Å². The number of likely N-dealkylation sites (N-methyl/N-ethyl adjacent to an activating group) is 1. The van der Waals surface area contributed by atoms with E-state index in [2.05, 4.69) is 0 Å². The van der Waals surface area contributed by atoms with E-state index in [1.165, 1.54) is 0 Å². The molecule has 1 atom stereocenters. The SMILES string of the molecule is CCN(CC(=O)O)C(C)C#N. The smallest absolute Gasteiger partial charge is 0.317 e. The maximum absolute atomic E-state index is 10.2. The van der Waals surface area contributed by atoms with Gasteiger partial charge in [-0.05, 0) is 13.5 Å². The zero-order valence-electron chi connectivity index (χ0n) is 6.74. The summed E-state index contributed by atoms with van der Waals surface area (Å²) in [5.74, 6) is -0.894. The van der Waals surface area contributed by atoms with Gasteiger partial charge in [-0.25, -0.2) is 0 Å². The summed E-state index contributed by atoms with van der Waals surface area (Å²) in [6, 6.07) is 1.66. The van der Waals surface area contributed by atoms with Crippen molar-refractivity contribution in [2.75, 3.05) is 13.1 Å². The number of hydrogen-bond donors (Lipinski definition) is 1. The Morgan fingerprint density at radius 2 is 2.36 bits per heavy atom. The van der Waals surface area contributed by atoms with E-state index in [9.17, 15) is 4.79 Å². The highest BCUT2D eigenvalue weighted by Gasteiger charge is 2.13. The van der Waals surface area contributed by atoms with Gasteiger partial charge < -0.3 is 5.11 Å². The van der Waals surface area contributed by atoms with Gasteiger partial charge in [0.1, 0.15) is 0 Å². The van der Waals surface area contributed by atoms with Crippen LogP contribution in [0.2, 0.25) is 0 Å². The van der Waals surface area contributed by atoms with Crippen LogP contribution in [0.4, 0.5) is 0 Å². The Hall–Kier alpha value is -1.08. The van der Waals surface area contributed by atoms with Crippen molar-refractivity contribution in [2.24, 2.45) is 0 Å². The van der Waals surface area contributed by atoms with Crippen molar-refractivity contribution >= 4 is 5.97 Å². The van der Waals surface area contributed by atoms with Gasteiger partial charge in [0, 0.05) is 0 Å². The van der Waals surface area contributed by atoms with Gasteiger partial charge >= 0.3 is 5.97 Å². The van der Waals surface area contributed by atoms with E-state index in [1.807, 2.05) is 13.0 Å². The number of nitriles is 1. The van der Waals surface area contributed by atoms with Crippen LogP contribution in [0.15, 0.2) is 0 Å². The number of hydrogen-bond acceptors (Lipinski definition) is 3. The van der Waals surface area contributed by atoms with E-state index in [-0.39, 0.29) is 12.6 Å². The maximum Gasteiger partial charge on any atom is 0.317 e. The van der Waals surface area contributed by atoms with E-state index in [4.69, 9.17) is 10.4 Å². The summed E-state index contributed by atoms with van der Waals surface area (Å²) in [5, 5.41) is 16.9. The molecule has 0 saturated carbocycles. The molecule has 0 amide bonds. The Balaban J connectivity index is 3.97. The lowest BCUT2D eigenvalue weighted by molar-refractivity contribution is -0.138. The molecular formula is C7H12N2O2. The third kappa shape index (κ3) is 3.58. The number of carboxylic acids is 1. The molecule has 0 aliphatic rings. The van der Waals surface area contributed by atoms with Crippen LogP contribution >= 0.6 is 0 Å². The van der Waals surface area contributed by atoms with Gasteiger partial charge in [0.15, 0.2) is 0 Å². The molecule has 0 aliphatic carbocycles. The molecule has 0 saturated heterocycles. The van der Waals surface area contributed by atoms with Gasteiger partial charge in [-0.15, -0.1) is 0 Å². The second kappa shape index (κ2) is 4.69. The average molecular weight is 156 g/mol. The van der Waals surface area contributed by atoms with E-state index < -0.39 is 5.97 Å². The maximum atomic E-state index is 10.2. The fourth-order valence-corrected chi connectivity index (χ4v) is 0.778. The minimum Gasteiger partial charge on any atom is -0.480 e. The Morgan fingerprint density at radius 3 is 2.64 bits per heavy atom. The molecule has 0 aromatic rings. The Morgan fingerprint density at radius 1 is 1.82 bits per heavy atom. The van der Waals surface area contributed by atoms with Crippen LogP contribution in [-0.2, 0) is 4.79 Å². The first-order valence-electron chi connectivity index (χ1n) is 3.47. The monoisotopic (exact) mass is 156 g/mol. The van der Waals surface area contributed by atoms with Crippen LogP contribution in [-0.4, -0.2) is 35.1 Å². The standard InChI is InChI=1S/C7H12N2O2/c1-3-9(5-7(10)11)6(2)4-8/h6H,3,5H2,1-2H3,(H,10,11). The molecule has 1 unspecified atom stereocenters. The predicted molar refractivity (Wildman–Crippen MR) is 40.0 cm³/mol. The van der Waals surface area contributed by atoms with Gasteiger partial charge in [-0.3, -0.25) is 9.69 Å². The largest absolute Gasteiger partial charge is 0.480 e. The minimum atomic E-state index is -0.894. The fourth-order valence-electron chi connectivity index (χ4n) is 0.778. The number of rotatable bonds is 4. The third-order valence-corrected chi connectivity index (χ3v) is 1.48. The molecular weight excluding hydrogens is 144 g/mol. The molecule has 4 heteroatoms. The van der Waals surface area contributed by atoms with E-state index in [1.54, 1.807) is 11.8 Å². The van der Waals surface area contributed by atoms with Crippen molar-refractivity contribution in [1.82, 2.24) is 4.90 Å². The average Bonchev–Trinajstić information content (AvgIpc) is 1.98. The van der Waals surface area contributed by atoms with Gasteiger partial charge in [0.25, 0.3) is 0 Å². The molecule has 1 N–H and O–H groups in total. The summed E-state index contributed by atoms with van der Waals surface area (Å²) in [5.41, 5.74) is 0. The lowest BCUT2D eigenvalue weighted by atomic mass is 10.3. The molecule has 11 heavy (non-hydrogen) atoms. The summed E-state index contributed by atoms with van der Waals surface area (Å²) < 4.78 is 0. The summed E-state index contributed by atoms with van der Waals surface area (Å²) in [6.07, 6.45) is 0. The van der Waals surface area contributed by atoms with Crippen molar-refractivity contribution in [3.05, 3.63) is 0 Å². The lowest BCUT2D eigenvalue weighted by Gasteiger charge is -2.19. The molecule has 0 spiro atoms. The second-order valence-electron chi connectivity index (χ2n) is 2.26. The Labute approximate surface area is 66.0 Å². The van der Waals surface area contributed by atoms with Gasteiger partial charge in [-0.1, -0.05) is 6.92 Å². The first-order chi connectivity index (χ1) is 5.11. The molecule has 0 aromatic heterocycles. The molecule has 0 rings (SSSR count). The van der Waals surface area contributed by atoms with Crippen LogP contribution in [0.1, 0.15) is 13.8 Å². The lowest BCUT2D eigenvalue weighted by Crippen LogP contribution is -2.36. The molecule has 0 fully saturated rings. The van der Waals surface area contributed by atoms with Crippen LogP contribution in [0, 0.1) is 11.3 Å². The summed E-state index contributed by atoms with van der Waals surface area (Å²) in [6.45, 7) is 4.04. The number of carbonyl (C=O) groups is 1. The number of carboxylic acid groups (broad SMARTS) is 1. The fraction of sp³-hybridized carbons (Fsp3) is 0.714. The molecule has 0 aliphatic heterocycles. The molecule has 0 bridgehead atoms. The zero-order valence-corrected chi connectivity index (χ0v) is 6.74. The zero-order chi connectivity index (χ0) is 8.85. The van der Waals surface area contributed by atoms with E-state index in [0.717, 1.165) is 0 Å². The summed E-state index contributed by atoms with van der Waals surface area (Å²) in [7, 11) is 0. The third-order valence-electron chi connectivity index (χ3n) is 1.48. The predicted octanol–water partition coefficient (Wildman–Crippen LogP) is 0.305. The molecule has 4 nitrogen and oxygen atoms in total. The first-order valence-corrected chi connectivity index (χ1v) is 3.47. The van der Waals surface area contributed by atoms with Crippen molar-refractivity contribution in [3.63, 3.8) is 0 Å². The highest BCUT2D eigenvalue weighted by atomic mass is 16.4. The number of aliphatic carboxylic acids is 1. The minimum absolute atomic E-state index is 0.0643. The van der Waals surface area contributed by atoms with Crippen LogP contribution in [0.3, 0.4) is 0 Å². The summed E-state index contributed by atoms with van der Waals surface area (Å²) in [4.78, 5) is 11.8. The highest BCUT2D eigenvalue weighted by molar-refractivity contribution is 5.69. The molecule has 0 radical (unpaired) electrons. The van der Waals surface area contributed by atoms with E-state index >= 15 is 0 Å². The first kappa shape index (κ1) is 9.92. The normalized spacial score (nSPS) is 12.5. The van der Waals surface area contributed by atoms with Gasteiger partial charge in [0.2, 0.25) is 0 Å². The Kier molecular flexibility index (Phi) is 4.23. The van der Waals surface area contributed by atoms with Crippen LogP contribution in [0.5, 0.6) is 0 Å². The van der Waals surface area contributed by atoms with Gasteiger partial charge in [-0.2, -0.15) is 5.26 Å². The molecule has 0 aromatic carbocycles. The van der Waals surface area contributed by atoms with Crippen molar-refractivity contribution < 1.29 is 9.90 Å². The van der Waals surface area contributed by atoms with Gasteiger partial charge in [0.05, 0.1) is 18.7 Å². The second-order valence-corrected chi connectivity index (χ2v) is 2.26. The topological polar surface area (TPSA) is 64.3 Å². The van der Waals surface area contributed by atoms with Crippen LogP contribution < -0.4 is 0 Å². The van der Waals surface area contributed by atoms with Crippen molar-refractivity contribution in [2.45, 2.75) is 19.9 Å². The summed E-state index contributed by atoms with van der Waals surface area (Å²) >= 11 is 0. The quantitative estimate of drug-likeness (QED) is 0.636.